The fourth-order valence-corrected chi connectivity index (χ4v) is 3.33. The van der Waals surface area contributed by atoms with Crippen LogP contribution in [0.1, 0.15) is 96.8 Å². The van der Waals surface area contributed by atoms with Crippen molar-refractivity contribution in [1.82, 2.24) is 4.90 Å². The van der Waals surface area contributed by atoms with Gasteiger partial charge in [0, 0.05) is 27.1 Å². The lowest BCUT2D eigenvalue weighted by atomic mass is 10.0. The smallest absolute Gasteiger partial charge is 0.306 e. The van der Waals surface area contributed by atoms with Gasteiger partial charge in [-0.05, 0) is 32.1 Å². The van der Waals surface area contributed by atoms with Crippen molar-refractivity contribution < 1.29 is 19.1 Å². The van der Waals surface area contributed by atoms with Crippen LogP contribution in [0, 0.1) is 0 Å². The van der Waals surface area contributed by atoms with E-state index in [0.717, 1.165) is 57.9 Å². The Labute approximate surface area is 178 Å². The number of carbonyl (C=O) groups excluding carboxylic acids is 2. The maximum atomic E-state index is 12.2. The third-order valence-corrected chi connectivity index (χ3v) is 4.99. The quantitative estimate of drug-likeness (QED) is 0.0858. The molecule has 0 fully saturated rings. The molecule has 0 saturated carbocycles. The number of carbonyl (C=O) groups is 2. The molecule has 170 valence electrons. The van der Waals surface area contributed by atoms with Crippen molar-refractivity contribution in [3.8, 4) is 0 Å². The van der Waals surface area contributed by atoms with Crippen LogP contribution in [0.3, 0.4) is 0 Å². The van der Waals surface area contributed by atoms with Crippen molar-refractivity contribution in [2.45, 2.75) is 103 Å². The van der Waals surface area contributed by atoms with Gasteiger partial charge in [-0.15, -0.1) is 0 Å². The Morgan fingerprint density at radius 3 is 2.21 bits per heavy atom. The van der Waals surface area contributed by atoms with Crippen molar-refractivity contribution in [2.75, 3.05) is 27.2 Å². The third-order valence-electron chi connectivity index (χ3n) is 4.99. The molecular weight excluding hydrogens is 368 g/mol. The number of hydrogen-bond donors (Lipinski definition) is 0. The first kappa shape index (κ1) is 27.4. The minimum Gasteiger partial charge on any atom is -0.468 e. The van der Waals surface area contributed by atoms with Crippen LogP contribution in [0.25, 0.3) is 0 Å². The molecule has 1 unspecified atom stereocenters. The summed E-state index contributed by atoms with van der Waals surface area (Å²) in [4.78, 5) is 28.1. The van der Waals surface area contributed by atoms with Gasteiger partial charge < -0.3 is 14.4 Å². The van der Waals surface area contributed by atoms with E-state index in [1.165, 1.54) is 32.1 Å². The van der Waals surface area contributed by atoms with Gasteiger partial charge in [0.2, 0.25) is 0 Å². The molecule has 0 aromatic heterocycles. The maximum Gasteiger partial charge on any atom is 0.306 e. The lowest BCUT2D eigenvalue weighted by molar-refractivity contribution is -0.150. The second-order valence-electron chi connectivity index (χ2n) is 7.80. The SMILES string of the molecule is CCCCC(CCCCCCCCCCOC=O)OC(=O)CCCN(C)/C=N\C. The van der Waals surface area contributed by atoms with E-state index in [0.29, 0.717) is 19.5 Å². The highest BCUT2D eigenvalue weighted by Crippen LogP contribution is 2.16. The molecule has 0 rings (SSSR count). The predicted molar refractivity (Wildman–Crippen MR) is 119 cm³/mol. The van der Waals surface area contributed by atoms with Crippen molar-refractivity contribution >= 4 is 18.8 Å². The van der Waals surface area contributed by atoms with Crippen molar-refractivity contribution in [2.24, 2.45) is 4.99 Å². The summed E-state index contributed by atoms with van der Waals surface area (Å²) in [6.07, 6.45) is 16.7. The first-order valence-corrected chi connectivity index (χ1v) is 11.5. The van der Waals surface area contributed by atoms with Gasteiger partial charge in [-0.2, -0.15) is 0 Å². The van der Waals surface area contributed by atoms with Gasteiger partial charge >= 0.3 is 5.97 Å². The van der Waals surface area contributed by atoms with Crippen LogP contribution in [-0.4, -0.2) is 57.0 Å². The van der Waals surface area contributed by atoms with Gasteiger partial charge in [0.05, 0.1) is 12.9 Å². The summed E-state index contributed by atoms with van der Waals surface area (Å²) < 4.78 is 10.4. The van der Waals surface area contributed by atoms with Crippen molar-refractivity contribution in [3.63, 3.8) is 0 Å². The van der Waals surface area contributed by atoms with Gasteiger partial charge in [0.15, 0.2) is 0 Å². The van der Waals surface area contributed by atoms with E-state index in [9.17, 15) is 9.59 Å². The monoisotopic (exact) mass is 412 g/mol. The Balaban J connectivity index is 3.81. The summed E-state index contributed by atoms with van der Waals surface area (Å²) in [5.74, 6) is -0.0634. The maximum absolute atomic E-state index is 12.2. The van der Waals surface area contributed by atoms with E-state index in [1.807, 2.05) is 11.9 Å². The van der Waals surface area contributed by atoms with E-state index >= 15 is 0 Å². The predicted octanol–water partition coefficient (Wildman–Crippen LogP) is 5.14. The van der Waals surface area contributed by atoms with Gasteiger partial charge in [0.1, 0.15) is 6.10 Å². The molecule has 0 aliphatic heterocycles. The zero-order valence-corrected chi connectivity index (χ0v) is 19.1. The first-order valence-electron chi connectivity index (χ1n) is 11.5. The Morgan fingerprint density at radius 2 is 1.59 bits per heavy atom. The highest BCUT2D eigenvalue weighted by atomic mass is 16.5. The Bertz CT molecular complexity index is 416. The second-order valence-corrected chi connectivity index (χ2v) is 7.80. The highest BCUT2D eigenvalue weighted by Gasteiger charge is 2.14. The van der Waals surface area contributed by atoms with Crippen LogP contribution in [0.4, 0.5) is 0 Å². The number of aliphatic imine (C=N–C) groups is 1. The number of rotatable bonds is 21. The standard InChI is InChI=1S/C23H44N2O4/c1-4-5-15-22(29-23(27)17-14-18-25(3)20-24-2)16-12-10-8-6-7-9-11-13-19-28-21-26/h20-22H,4-19H2,1-3H3/b24-20-. The van der Waals surface area contributed by atoms with Crippen LogP contribution in [0.15, 0.2) is 4.99 Å². The summed E-state index contributed by atoms with van der Waals surface area (Å²) in [5.41, 5.74) is 0. The first-order chi connectivity index (χ1) is 14.1. The van der Waals surface area contributed by atoms with Crippen LogP contribution < -0.4 is 0 Å². The molecule has 0 saturated heterocycles. The molecule has 0 radical (unpaired) electrons. The summed E-state index contributed by atoms with van der Waals surface area (Å²) in [6, 6.07) is 0. The Hall–Kier alpha value is -1.59. The van der Waals surface area contributed by atoms with E-state index in [1.54, 1.807) is 13.4 Å². The molecule has 0 aromatic carbocycles. The molecule has 1 atom stereocenters. The molecule has 0 heterocycles. The Kier molecular flexibility index (Phi) is 20.0. The molecule has 0 aliphatic carbocycles. The minimum absolute atomic E-state index is 0.0634. The second kappa shape index (κ2) is 21.1. The molecule has 0 amide bonds. The van der Waals surface area contributed by atoms with Gasteiger partial charge in [-0.1, -0.05) is 58.3 Å². The van der Waals surface area contributed by atoms with E-state index in [2.05, 4.69) is 16.7 Å². The average Bonchev–Trinajstić information content (AvgIpc) is 2.70. The highest BCUT2D eigenvalue weighted by molar-refractivity contribution is 5.69. The number of ether oxygens (including phenoxy) is 2. The fourth-order valence-electron chi connectivity index (χ4n) is 3.33. The number of esters is 1. The number of unbranched alkanes of at least 4 members (excludes halogenated alkanes) is 8. The molecule has 29 heavy (non-hydrogen) atoms. The Morgan fingerprint density at radius 1 is 0.966 bits per heavy atom. The van der Waals surface area contributed by atoms with Gasteiger partial charge in [0.25, 0.3) is 6.47 Å². The largest absolute Gasteiger partial charge is 0.468 e. The normalized spacial score (nSPS) is 12.1. The molecule has 0 aromatic rings. The third kappa shape index (κ3) is 19.5. The molecule has 0 N–H and O–H groups in total. The molecule has 6 nitrogen and oxygen atoms in total. The van der Waals surface area contributed by atoms with Crippen LogP contribution in [0.5, 0.6) is 0 Å². The average molecular weight is 413 g/mol. The molecule has 0 bridgehead atoms. The number of nitrogens with zero attached hydrogens (tertiary/aromatic N) is 2. The van der Waals surface area contributed by atoms with Crippen molar-refractivity contribution in [3.05, 3.63) is 0 Å². The molecule has 6 heteroatoms. The molecular formula is C23H44N2O4. The van der Waals surface area contributed by atoms with Crippen LogP contribution >= 0.6 is 0 Å². The zero-order valence-electron chi connectivity index (χ0n) is 19.1. The van der Waals surface area contributed by atoms with Crippen molar-refractivity contribution in [1.29, 1.82) is 0 Å². The van der Waals surface area contributed by atoms with E-state index in [4.69, 9.17) is 4.74 Å². The molecule has 0 spiro atoms. The zero-order chi connectivity index (χ0) is 21.6. The van der Waals surface area contributed by atoms with Gasteiger partial charge in [-0.3, -0.25) is 14.6 Å². The summed E-state index contributed by atoms with van der Waals surface area (Å²) in [6.45, 7) is 4.06. The van der Waals surface area contributed by atoms with Gasteiger partial charge in [-0.25, -0.2) is 0 Å². The topological polar surface area (TPSA) is 68.2 Å². The summed E-state index contributed by atoms with van der Waals surface area (Å²) >= 11 is 0. The summed E-state index contributed by atoms with van der Waals surface area (Å²) in [7, 11) is 3.71. The van der Waals surface area contributed by atoms with E-state index in [-0.39, 0.29) is 12.1 Å². The minimum atomic E-state index is -0.0634. The van der Waals surface area contributed by atoms with E-state index < -0.39 is 0 Å². The lowest BCUT2D eigenvalue weighted by Crippen LogP contribution is -2.21. The fraction of sp³-hybridized carbons (Fsp3) is 0.870. The van der Waals surface area contributed by atoms with Crippen LogP contribution in [-0.2, 0) is 19.1 Å². The molecule has 0 aliphatic rings. The lowest BCUT2D eigenvalue weighted by Gasteiger charge is -2.18. The van der Waals surface area contributed by atoms with Crippen LogP contribution in [0.2, 0.25) is 0 Å². The number of hydrogen-bond acceptors (Lipinski definition) is 5. The summed E-state index contributed by atoms with van der Waals surface area (Å²) in [5, 5.41) is 0.